The summed E-state index contributed by atoms with van der Waals surface area (Å²) >= 11 is 0. The third-order valence-electron chi connectivity index (χ3n) is 3.58. The van der Waals surface area contributed by atoms with Crippen LogP contribution in [-0.2, 0) is 4.79 Å². The van der Waals surface area contributed by atoms with Crippen LogP contribution in [0.1, 0.15) is 12.1 Å². The van der Waals surface area contributed by atoms with Crippen LogP contribution in [0.4, 0.5) is 5.82 Å². The van der Waals surface area contributed by atoms with Gasteiger partial charge in [-0.15, -0.1) is 0 Å². The maximum Gasteiger partial charge on any atom is 0.328 e. The fourth-order valence-electron chi connectivity index (χ4n) is 2.39. The van der Waals surface area contributed by atoms with Gasteiger partial charge in [0.15, 0.2) is 0 Å². The average Bonchev–Trinajstić information content (AvgIpc) is 2.87. The summed E-state index contributed by atoms with van der Waals surface area (Å²) in [4.78, 5) is 21.7. The molecule has 0 amide bonds. The summed E-state index contributed by atoms with van der Waals surface area (Å²) in [6.45, 7) is 11.4. The second kappa shape index (κ2) is 8.79. The van der Waals surface area contributed by atoms with Gasteiger partial charge in [-0.05, 0) is 30.7 Å². The SMILES string of the molecule is C=C/C(=C\C(=C)/C=C/C(=O)O)c1cncc(N2CCCNCC2)n1. The Bertz CT molecular complexity index is 671. The molecule has 0 radical (unpaired) electrons. The molecule has 0 saturated carbocycles. The van der Waals surface area contributed by atoms with Gasteiger partial charge >= 0.3 is 5.97 Å². The largest absolute Gasteiger partial charge is 0.478 e. The van der Waals surface area contributed by atoms with Crippen molar-refractivity contribution in [2.45, 2.75) is 6.42 Å². The Labute approximate surface area is 141 Å². The minimum absolute atomic E-state index is 0.554. The molecule has 1 fully saturated rings. The van der Waals surface area contributed by atoms with E-state index in [4.69, 9.17) is 5.11 Å². The van der Waals surface area contributed by atoms with E-state index in [-0.39, 0.29) is 0 Å². The Morgan fingerprint density at radius 2 is 2.12 bits per heavy atom. The molecule has 6 nitrogen and oxygen atoms in total. The number of nitrogens with one attached hydrogen (secondary N) is 1. The maximum absolute atomic E-state index is 10.6. The van der Waals surface area contributed by atoms with E-state index in [1.54, 1.807) is 24.5 Å². The molecule has 1 aromatic rings. The predicted octanol–water partition coefficient (Wildman–Crippen LogP) is 2.04. The van der Waals surface area contributed by atoms with Crippen molar-refractivity contribution >= 4 is 17.4 Å². The van der Waals surface area contributed by atoms with Crippen LogP contribution in [-0.4, -0.2) is 47.2 Å². The summed E-state index contributed by atoms with van der Waals surface area (Å²) in [5.74, 6) is -0.183. The van der Waals surface area contributed by atoms with Crippen LogP contribution in [0.25, 0.3) is 5.57 Å². The Morgan fingerprint density at radius 1 is 1.29 bits per heavy atom. The van der Waals surface area contributed by atoms with Crippen LogP contribution < -0.4 is 10.2 Å². The lowest BCUT2D eigenvalue weighted by Gasteiger charge is -2.21. The van der Waals surface area contributed by atoms with E-state index in [1.165, 1.54) is 6.08 Å². The minimum Gasteiger partial charge on any atom is -0.478 e. The number of carboxylic acid groups (broad SMARTS) is 1. The highest BCUT2D eigenvalue weighted by Gasteiger charge is 2.12. The minimum atomic E-state index is -1.01. The fraction of sp³-hybridized carbons (Fsp3) is 0.278. The zero-order valence-electron chi connectivity index (χ0n) is 13.6. The summed E-state index contributed by atoms with van der Waals surface area (Å²) in [5.41, 5.74) is 1.99. The van der Waals surface area contributed by atoms with Crippen LogP contribution >= 0.6 is 0 Å². The lowest BCUT2D eigenvalue weighted by molar-refractivity contribution is -0.131. The lowest BCUT2D eigenvalue weighted by Crippen LogP contribution is -2.28. The van der Waals surface area contributed by atoms with E-state index in [2.05, 4.69) is 33.3 Å². The van der Waals surface area contributed by atoms with Crippen molar-refractivity contribution in [2.75, 3.05) is 31.1 Å². The van der Waals surface area contributed by atoms with E-state index in [0.29, 0.717) is 11.3 Å². The van der Waals surface area contributed by atoms with Crippen molar-refractivity contribution in [3.8, 4) is 0 Å². The smallest absolute Gasteiger partial charge is 0.328 e. The molecule has 0 atom stereocenters. The van der Waals surface area contributed by atoms with Crippen LogP contribution in [0.3, 0.4) is 0 Å². The lowest BCUT2D eigenvalue weighted by atomic mass is 10.1. The fourth-order valence-corrected chi connectivity index (χ4v) is 2.39. The Hall–Kier alpha value is -2.73. The van der Waals surface area contributed by atoms with Crippen LogP contribution in [0.5, 0.6) is 0 Å². The van der Waals surface area contributed by atoms with Crippen molar-refractivity contribution in [1.82, 2.24) is 15.3 Å². The number of carbonyl (C=O) groups is 1. The maximum atomic E-state index is 10.6. The van der Waals surface area contributed by atoms with Crippen LogP contribution in [0.2, 0.25) is 0 Å². The molecular formula is C18H22N4O2. The predicted molar refractivity (Wildman–Crippen MR) is 95.8 cm³/mol. The van der Waals surface area contributed by atoms with E-state index in [9.17, 15) is 4.79 Å². The van der Waals surface area contributed by atoms with Gasteiger partial charge in [0.25, 0.3) is 0 Å². The zero-order chi connectivity index (χ0) is 17.4. The molecule has 6 heteroatoms. The first kappa shape index (κ1) is 17.6. The highest BCUT2D eigenvalue weighted by atomic mass is 16.4. The van der Waals surface area contributed by atoms with E-state index in [0.717, 1.165) is 50.1 Å². The molecule has 1 aliphatic rings. The normalized spacial score (nSPS) is 16.0. The number of rotatable bonds is 6. The summed E-state index contributed by atoms with van der Waals surface area (Å²) in [6.07, 6.45) is 10.4. The molecule has 1 aliphatic heterocycles. The first-order chi connectivity index (χ1) is 11.6. The molecular weight excluding hydrogens is 304 g/mol. The third kappa shape index (κ3) is 5.17. The highest BCUT2D eigenvalue weighted by molar-refractivity contribution is 5.81. The molecule has 2 heterocycles. The van der Waals surface area contributed by atoms with Crippen molar-refractivity contribution in [3.05, 3.63) is 61.1 Å². The van der Waals surface area contributed by atoms with Gasteiger partial charge in [-0.1, -0.05) is 19.2 Å². The summed E-state index contributed by atoms with van der Waals surface area (Å²) in [5, 5.41) is 12.0. The van der Waals surface area contributed by atoms with Crippen molar-refractivity contribution in [1.29, 1.82) is 0 Å². The topological polar surface area (TPSA) is 78.3 Å². The highest BCUT2D eigenvalue weighted by Crippen LogP contribution is 2.19. The molecule has 2 rings (SSSR count). The summed E-state index contributed by atoms with van der Waals surface area (Å²) in [6, 6.07) is 0. The zero-order valence-corrected chi connectivity index (χ0v) is 13.6. The molecule has 0 bridgehead atoms. The van der Waals surface area contributed by atoms with E-state index < -0.39 is 5.97 Å². The van der Waals surface area contributed by atoms with Gasteiger partial charge in [-0.25, -0.2) is 9.78 Å². The molecule has 0 unspecified atom stereocenters. The number of nitrogens with zero attached hydrogens (tertiary/aromatic N) is 3. The Kier molecular flexibility index (Phi) is 6.45. The van der Waals surface area contributed by atoms with Crippen LogP contribution in [0.15, 0.2) is 55.4 Å². The molecule has 1 saturated heterocycles. The van der Waals surface area contributed by atoms with E-state index in [1.807, 2.05) is 0 Å². The number of allylic oxidation sites excluding steroid dienone is 5. The van der Waals surface area contributed by atoms with Gasteiger partial charge in [0.2, 0.25) is 0 Å². The molecule has 0 aromatic carbocycles. The quantitative estimate of drug-likeness (QED) is 0.615. The number of aliphatic carboxylic acids is 1. The van der Waals surface area contributed by atoms with Crippen molar-refractivity contribution < 1.29 is 9.90 Å². The Morgan fingerprint density at radius 3 is 2.88 bits per heavy atom. The van der Waals surface area contributed by atoms with Gasteiger partial charge in [0.1, 0.15) is 5.82 Å². The number of hydrogen-bond acceptors (Lipinski definition) is 5. The third-order valence-corrected chi connectivity index (χ3v) is 3.58. The van der Waals surface area contributed by atoms with Gasteiger partial charge in [-0.3, -0.25) is 4.98 Å². The van der Waals surface area contributed by atoms with Gasteiger partial charge in [-0.2, -0.15) is 0 Å². The average molecular weight is 326 g/mol. The van der Waals surface area contributed by atoms with Crippen molar-refractivity contribution in [2.24, 2.45) is 0 Å². The number of hydrogen-bond donors (Lipinski definition) is 2. The monoisotopic (exact) mass is 326 g/mol. The number of aromatic nitrogens is 2. The second-order valence-electron chi connectivity index (χ2n) is 5.40. The number of carboxylic acids is 1. The van der Waals surface area contributed by atoms with Gasteiger partial charge < -0.3 is 15.3 Å². The van der Waals surface area contributed by atoms with Crippen LogP contribution in [0, 0.1) is 0 Å². The molecule has 2 N–H and O–H groups in total. The summed E-state index contributed by atoms with van der Waals surface area (Å²) in [7, 11) is 0. The van der Waals surface area contributed by atoms with E-state index >= 15 is 0 Å². The molecule has 0 aliphatic carbocycles. The van der Waals surface area contributed by atoms with Gasteiger partial charge in [0, 0.05) is 31.3 Å². The summed E-state index contributed by atoms with van der Waals surface area (Å²) < 4.78 is 0. The van der Waals surface area contributed by atoms with Gasteiger partial charge in [0.05, 0.1) is 18.1 Å². The van der Waals surface area contributed by atoms with Crippen molar-refractivity contribution in [3.63, 3.8) is 0 Å². The second-order valence-corrected chi connectivity index (χ2v) is 5.40. The first-order valence-electron chi connectivity index (χ1n) is 7.82. The molecule has 0 spiro atoms. The Balaban J connectivity index is 2.22. The molecule has 1 aromatic heterocycles. The standard InChI is InChI=1S/C18H22N4O2/c1-3-15(11-14(2)5-6-18(23)24)16-12-20-13-17(21-16)22-9-4-7-19-8-10-22/h3,5-6,11-13,19H,1-2,4,7-10H2,(H,23,24)/b6-5+,15-11+. The first-order valence-corrected chi connectivity index (χ1v) is 7.82. The number of anilines is 1. The molecule has 126 valence electrons. The molecule has 24 heavy (non-hydrogen) atoms.